The Kier molecular flexibility index (Phi) is 3.49. The van der Waals surface area contributed by atoms with Gasteiger partial charge in [0.15, 0.2) is 0 Å². The third kappa shape index (κ3) is 2.48. The molecule has 0 amide bonds. The molecule has 0 radical (unpaired) electrons. The van der Waals surface area contributed by atoms with Crippen molar-refractivity contribution in [1.29, 1.82) is 0 Å². The molecule has 94 valence electrons. The van der Waals surface area contributed by atoms with Crippen molar-refractivity contribution in [2.24, 2.45) is 0 Å². The Morgan fingerprint density at radius 2 is 1.63 bits per heavy atom. The Hall–Kier alpha value is -1.45. The summed E-state index contributed by atoms with van der Waals surface area (Å²) in [6.07, 6.45) is 0. The number of thiazole rings is 1. The van der Waals surface area contributed by atoms with Gasteiger partial charge in [-0.1, -0.05) is 58.4 Å². The standard InChI is InChI=1S/C16H12BrNS/c1-11-6-2-3-7-12(11)15-10-19-16(18-15)13-8-4-5-9-14(13)17/h2-10H,1H3. The summed E-state index contributed by atoms with van der Waals surface area (Å²) in [5.74, 6) is 0. The molecule has 0 atom stereocenters. The highest BCUT2D eigenvalue weighted by Crippen LogP contribution is 2.33. The Balaban J connectivity index is 2.06. The summed E-state index contributed by atoms with van der Waals surface area (Å²) in [7, 11) is 0. The van der Waals surface area contributed by atoms with E-state index in [0.717, 1.165) is 20.7 Å². The number of nitrogens with zero attached hydrogens (tertiary/aromatic N) is 1. The van der Waals surface area contributed by atoms with E-state index in [9.17, 15) is 0 Å². The maximum atomic E-state index is 4.76. The second-order valence-corrected chi connectivity index (χ2v) is 6.05. The molecule has 0 bridgehead atoms. The predicted octanol–water partition coefficient (Wildman–Crippen LogP) is 5.55. The minimum Gasteiger partial charge on any atom is -0.236 e. The molecule has 0 fully saturated rings. The van der Waals surface area contributed by atoms with Crippen molar-refractivity contribution in [3.05, 3.63) is 63.9 Å². The van der Waals surface area contributed by atoms with Crippen LogP contribution in [-0.2, 0) is 0 Å². The van der Waals surface area contributed by atoms with E-state index >= 15 is 0 Å². The first-order valence-corrected chi connectivity index (χ1v) is 7.69. The van der Waals surface area contributed by atoms with Crippen LogP contribution in [0.2, 0.25) is 0 Å². The van der Waals surface area contributed by atoms with E-state index in [0.29, 0.717) is 0 Å². The fourth-order valence-electron chi connectivity index (χ4n) is 2.02. The number of aryl methyl sites for hydroxylation is 1. The van der Waals surface area contributed by atoms with Crippen LogP contribution in [0.25, 0.3) is 21.8 Å². The highest BCUT2D eigenvalue weighted by molar-refractivity contribution is 9.10. The van der Waals surface area contributed by atoms with Gasteiger partial charge < -0.3 is 0 Å². The van der Waals surface area contributed by atoms with E-state index in [1.165, 1.54) is 11.1 Å². The van der Waals surface area contributed by atoms with Gasteiger partial charge in [-0.3, -0.25) is 0 Å². The molecule has 0 aliphatic carbocycles. The summed E-state index contributed by atoms with van der Waals surface area (Å²) in [6, 6.07) is 16.5. The molecule has 1 aromatic heterocycles. The second-order valence-electron chi connectivity index (χ2n) is 4.33. The van der Waals surface area contributed by atoms with Crippen molar-refractivity contribution in [2.75, 3.05) is 0 Å². The lowest BCUT2D eigenvalue weighted by Crippen LogP contribution is -1.83. The molecule has 1 heterocycles. The molecule has 19 heavy (non-hydrogen) atoms. The fraction of sp³-hybridized carbons (Fsp3) is 0.0625. The maximum absolute atomic E-state index is 4.76. The lowest BCUT2D eigenvalue weighted by atomic mass is 10.1. The Bertz CT molecular complexity index is 658. The zero-order valence-electron chi connectivity index (χ0n) is 10.4. The first kappa shape index (κ1) is 12.6. The van der Waals surface area contributed by atoms with Gasteiger partial charge in [0.05, 0.1) is 5.69 Å². The predicted molar refractivity (Wildman–Crippen MR) is 85.4 cm³/mol. The van der Waals surface area contributed by atoms with E-state index in [1.807, 2.05) is 18.2 Å². The number of halogens is 1. The SMILES string of the molecule is Cc1ccccc1-c1csc(-c2ccccc2Br)n1. The molecule has 3 heteroatoms. The first-order chi connectivity index (χ1) is 9.25. The summed E-state index contributed by atoms with van der Waals surface area (Å²) in [4.78, 5) is 4.76. The van der Waals surface area contributed by atoms with Gasteiger partial charge in [-0.15, -0.1) is 11.3 Å². The van der Waals surface area contributed by atoms with Crippen LogP contribution >= 0.6 is 27.3 Å². The maximum Gasteiger partial charge on any atom is 0.125 e. The number of hydrogen-bond donors (Lipinski definition) is 0. The second kappa shape index (κ2) is 5.27. The highest BCUT2D eigenvalue weighted by Gasteiger charge is 2.10. The van der Waals surface area contributed by atoms with Crippen molar-refractivity contribution in [2.45, 2.75) is 6.92 Å². The molecule has 0 aliphatic rings. The van der Waals surface area contributed by atoms with Crippen LogP contribution in [0.5, 0.6) is 0 Å². The van der Waals surface area contributed by atoms with Crippen molar-refractivity contribution >= 4 is 27.3 Å². The van der Waals surface area contributed by atoms with Crippen LogP contribution < -0.4 is 0 Å². The Morgan fingerprint density at radius 1 is 0.947 bits per heavy atom. The molecule has 0 unspecified atom stereocenters. The van der Waals surface area contributed by atoms with Gasteiger partial charge >= 0.3 is 0 Å². The topological polar surface area (TPSA) is 12.9 Å². The average molecular weight is 330 g/mol. The Labute approximate surface area is 125 Å². The molecule has 0 saturated heterocycles. The third-order valence-electron chi connectivity index (χ3n) is 3.03. The number of benzene rings is 2. The molecule has 3 rings (SSSR count). The van der Waals surface area contributed by atoms with E-state index in [1.54, 1.807) is 11.3 Å². The molecule has 0 N–H and O–H groups in total. The van der Waals surface area contributed by atoms with Crippen LogP contribution in [0.3, 0.4) is 0 Å². The van der Waals surface area contributed by atoms with Crippen LogP contribution in [0, 0.1) is 6.92 Å². The first-order valence-electron chi connectivity index (χ1n) is 6.02. The number of hydrogen-bond acceptors (Lipinski definition) is 2. The van der Waals surface area contributed by atoms with Crippen molar-refractivity contribution in [3.63, 3.8) is 0 Å². The third-order valence-corrected chi connectivity index (χ3v) is 4.60. The van der Waals surface area contributed by atoms with Crippen LogP contribution in [-0.4, -0.2) is 4.98 Å². The summed E-state index contributed by atoms with van der Waals surface area (Å²) in [5, 5.41) is 3.17. The molecule has 0 saturated carbocycles. The highest BCUT2D eigenvalue weighted by atomic mass is 79.9. The monoisotopic (exact) mass is 329 g/mol. The smallest absolute Gasteiger partial charge is 0.125 e. The molecule has 3 aromatic rings. The molecular formula is C16H12BrNS. The minimum absolute atomic E-state index is 1.05. The van der Waals surface area contributed by atoms with E-state index in [2.05, 4.69) is 58.6 Å². The zero-order chi connectivity index (χ0) is 13.2. The van der Waals surface area contributed by atoms with Crippen molar-refractivity contribution in [1.82, 2.24) is 4.98 Å². The van der Waals surface area contributed by atoms with Gasteiger partial charge in [0.25, 0.3) is 0 Å². The molecule has 1 nitrogen and oxygen atoms in total. The lowest BCUT2D eigenvalue weighted by Gasteiger charge is -2.01. The number of rotatable bonds is 2. The van der Waals surface area contributed by atoms with Gasteiger partial charge in [-0.25, -0.2) is 4.98 Å². The molecule has 0 aliphatic heterocycles. The molecule has 2 aromatic carbocycles. The molecular weight excluding hydrogens is 318 g/mol. The van der Waals surface area contributed by atoms with Crippen molar-refractivity contribution in [3.8, 4) is 21.8 Å². The number of aromatic nitrogens is 1. The van der Waals surface area contributed by atoms with Crippen molar-refractivity contribution < 1.29 is 0 Å². The quantitative estimate of drug-likeness (QED) is 0.600. The summed E-state index contributed by atoms with van der Waals surface area (Å²) < 4.78 is 1.08. The van der Waals surface area contributed by atoms with Gasteiger partial charge in [0.2, 0.25) is 0 Å². The van der Waals surface area contributed by atoms with Gasteiger partial charge in [-0.2, -0.15) is 0 Å². The summed E-state index contributed by atoms with van der Waals surface area (Å²) >= 11 is 5.26. The normalized spacial score (nSPS) is 10.6. The van der Waals surface area contributed by atoms with Gasteiger partial charge in [0, 0.05) is 21.0 Å². The van der Waals surface area contributed by atoms with E-state index in [-0.39, 0.29) is 0 Å². The average Bonchev–Trinajstić information content (AvgIpc) is 2.89. The minimum atomic E-state index is 1.05. The lowest BCUT2D eigenvalue weighted by molar-refractivity contribution is 1.36. The zero-order valence-corrected chi connectivity index (χ0v) is 12.8. The summed E-state index contributed by atoms with van der Waals surface area (Å²) in [5.41, 5.74) is 4.66. The summed E-state index contributed by atoms with van der Waals surface area (Å²) in [6.45, 7) is 2.12. The van der Waals surface area contributed by atoms with E-state index in [4.69, 9.17) is 4.98 Å². The van der Waals surface area contributed by atoms with Crippen LogP contribution in [0.4, 0.5) is 0 Å². The van der Waals surface area contributed by atoms with Crippen LogP contribution in [0.15, 0.2) is 58.4 Å². The largest absolute Gasteiger partial charge is 0.236 e. The van der Waals surface area contributed by atoms with E-state index < -0.39 is 0 Å². The van der Waals surface area contributed by atoms with Crippen LogP contribution in [0.1, 0.15) is 5.56 Å². The molecule has 0 spiro atoms. The fourth-order valence-corrected chi connectivity index (χ4v) is 3.48. The Morgan fingerprint density at radius 3 is 2.37 bits per heavy atom. The van der Waals surface area contributed by atoms with Gasteiger partial charge in [0.1, 0.15) is 5.01 Å². The van der Waals surface area contributed by atoms with Gasteiger partial charge in [-0.05, 0) is 18.6 Å².